The van der Waals surface area contributed by atoms with E-state index in [4.69, 9.17) is 4.55 Å². The van der Waals surface area contributed by atoms with Crippen molar-refractivity contribution in [1.82, 2.24) is 0 Å². The van der Waals surface area contributed by atoms with Crippen LogP contribution in [0.15, 0.2) is 0 Å². The van der Waals surface area contributed by atoms with Crippen LogP contribution in [0.3, 0.4) is 0 Å². The van der Waals surface area contributed by atoms with Crippen LogP contribution in [0.5, 0.6) is 0 Å². The molecule has 0 aromatic carbocycles. The molecule has 5 nitrogen and oxygen atoms in total. The Kier molecular flexibility index (Phi) is 3.33. The van der Waals surface area contributed by atoms with E-state index in [1.807, 2.05) is 0 Å². The topological polar surface area (TPSA) is 80.4 Å². The van der Waals surface area contributed by atoms with E-state index in [1.165, 1.54) is 6.92 Å². The Morgan fingerprint density at radius 3 is 2.44 bits per heavy atom. The molecule has 54 valence electrons. The predicted molar refractivity (Wildman–Crippen MR) is 32.1 cm³/mol. The zero-order valence-corrected chi connectivity index (χ0v) is 5.63. The highest BCUT2D eigenvalue weighted by atomic mass is 32.2. The van der Waals surface area contributed by atoms with Crippen LogP contribution < -0.4 is 0 Å². The van der Waals surface area contributed by atoms with Gasteiger partial charge in [0.05, 0.1) is 0 Å². The lowest BCUT2D eigenvalue weighted by Gasteiger charge is -1.97. The Labute approximate surface area is 54.5 Å². The van der Waals surface area contributed by atoms with Gasteiger partial charge in [0.15, 0.2) is 11.1 Å². The zero-order valence-electron chi connectivity index (χ0n) is 4.81. The monoisotopic (exact) mass is 153 g/mol. The van der Waals surface area contributed by atoms with Gasteiger partial charge in [0, 0.05) is 11.8 Å². The van der Waals surface area contributed by atoms with E-state index in [9.17, 15) is 14.3 Å². The molecule has 0 saturated carbocycles. The van der Waals surface area contributed by atoms with E-state index >= 15 is 0 Å². The molecule has 0 rings (SSSR count). The first-order valence-corrected chi connectivity index (χ1v) is 3.52. The van der Waals surface area contributed by atoms with Crippen molar-refractivity contribution >= 4 is 11.1 Å². The Morgan fingerprint density at radius 2 is 2.33 bits per heavy atom. The average Bonchev–Trinajstić information content (AvgIpc) is 1.63. The molecular weight excluding hydrogens is 146 g/mol. The summed E-state index contributed by atoms with van der Waals surface area (Å²) < 4.78 is 18.1. The van der Waals surface area contributed by atoms with Gasteiger partial charge in [0.2, 0.25) is 6.04 Å². The summed E-state index contributed by atoms with van der Waals surface area (Å²) in [6.07, 6.45) is 0. The minimum Gasteiger partial charge on any atom is -0.306 e. The van der Waals surface area contributed by atoms with Crippen molar-refractivity contribution in [2.45, 2.75) is 13.0 Å². The Hall–Kier alpha value is -0.490. The second-order valence-corrected chi connectivity index (χ2v) is 2.60. The number of nitrogens with zero attached hydrogens (tertiary/aromatic N) is 1. The van der Waals surface area contributed by atoms with E-state index < -0.39 is 22.0 Å². The molecule has 0 amide bonds. The largest absolute Gasteiger partial charge is 0.306 e. The van der Waals surface area contributed by atoms with E-state index in [0.29, 0.717) is 0 Å². The van der Waals surface area contributed by atoms with E-state index in [1.54, 1.807) is 0 Å². The van der Waals surface area contributed by atoms with E-state index in [2.05, 4.69) is 0 Å². The van der Waals surface area contributed by atoms with Crippen molar-refractivity contribution in [3.05, 3.63) is 10.1 Å². The summed E-state index contributed by atoms with van der Waals surface area (Å²) in [7, 11) is 0. The third-order valence-corrected chi connectivity index (χ3v) is 1.51. The summed E-state index contributed by atoms with van der Waals surface area (Å²) >= 11 is -2.06. The van der Waals surface area contributed by atoms with Gasteiger partial charge in [-0.1, -0.05) is 0 Å². The first-order valence-electron chi connectivity index (χ1n) is 2.25. The Balaban J connectivity index is 3.63. The van der Waals surface area contributed by atoms with Crippen LogP contribution in [0.4, 0.5) is 0 Å². The normalized spacial score (nSPS) is 16.7. The quantitative estimate of drug-likeness (QED) is 0.348. The van der Waals surface area contributed by atoms with Gasteiger partial charge in [-0.05, 0) is 0 Å². The SMILES string of the molecule is CC(CS(=O)O)[N+](=O)[O-]. The van der Waals surface area contributed by atoms with Gasteiger partial charge < -0.3 is 4.55 Å². The van der Waals surface area contributed by atoms with Crippen molar-refractivity contribution in [3.8, 4) is 0 Å². The molecule has 0 radical (unpaired) electrons. The third-order valence-electron chi connectivity index (χ3n) is 0.744. The molecule has 2 atom stereocenters. The molecule has 9 heavy (non-hydrogen) atoms. The van der Waals surface area contributed by atoms with E-state index in [-0.39, 0.29) is 5.75 Å². The summed E-state index contributed by atoms with van der Waals surface area (Å²) in [5.41, 5.74) is 0. The molecule has 0 heterocycles. The maximum absolute atomic E-state index is 9.92. The highest BCUT2D eigenvalue weighted by Gasteiger charge is 2.14. The van der Waals surface area contributed by atoms with Crippen molar-refractivity contribution in [3.63, 3.8) is 0 Å². The maximum atomic E-state index is 9.92. The van der Waals surface area contributed by atoms with Gasteiger partial charge in [0.25, 0.3) is 0 Å². The highest BCUT2D eigenvalue weighted by Crippen LogP contribution is 1.89. The summed E-state index contributed by atoms with van der Waals surface area (Å²) in [5.74, 6) is -0.299. The van der Waals surface area contributed by atoms with Crippen LogP contribution in [-0.4, -0.2) is 25.5 Å². The van der Waals surface area contributed by atoms with Crippen LogP contribution in [-0.2, 0) is 11.1 Å². The maximum Gasteiger partial charge on any atom is 0.224 e. The minimum absolute atomic E-state index is 0.299. The number of hydrogen-bond acceptors (Lipinski definition) is 3. The van der Waals surface area contributed by atoms with E-state index in [0.717, 1.165) is 0 Å². The molecule has 0 aliphatic rings. The minimum atomic E-state index is -2.06. The lowest BCUT2D eigenvalue weighted by Crippen LogP contribution is -2.22. The molecule has 0 fully saturated rings. The average molecular weight is 153 g/mol. The number of rotatable bonds is 3. The summed E-state index contributed by atoms with van der Waals surface area (Å²) in [5, 5.41) is 9.79. The first-order chi connectivity index (χ1) is 4.04. The molecule has 0 bridgehead atoms. The number of hydrogen-bond donors (Lipinski definition) is 1. The van der Waals surface area contributed by atoms with Gasteiger partial charge in [-0.25, -0.2) is 4.21 Å². The molecule has 6 heteroatoms. The Morgan fingerprint density at radius 1 is 1.89 bits per heavy atom. The van der Waals surface area contributed by atoms with Crippen molar-refractivity contribution in [2.75, 3.05) is 5.75 Å². The lowest BCUT2D eigenvalue weighted by atomic mass is 10.4. The Bertz CT molecular complexity index is 136. The fourth-order valence-electron chi connectivity index (χ4n) is 0.267. The van der Waals surface area contributed by atoms with Crippen molar-refractivity contribution in [1.29, 1.82) is 0 Å². The molecule has 2 unspecified atom stereocenters. The highest BCUT2D eigenvalue weighted by molar-refractivity contribution is 7.79. The summed E-state index contributed by atoms with van der Waals surface area (Å²) in [4.78, 5) is 9.21. The third kappa shape index (κ3) is 4.04. The standard InChI is InChI=1S/C3H7NO4S/c1-3(4(5)6)2-9(7)8/h3H,2H2,1H3,(H,7,8). The smallest absolute Gasteiger partial charge is 0.224 e. The molecule has 0 spiro atoms. The molecule has 0 aliphatic carbocycles. The van der Waals surface area contributed by atoms with Gasteiger partial charge in [0.1, 0.15) is 5.75 Å². The van der Waals surface area contributed by atoms with Gasteiger partial charge in [-0.3, -0.25) is 10.1 Å². The molecule has 0 aromatic rings. The fraction of sp³-hybridized carbons (Fsp3) is 1.00. The fourth-order valence-corrected chi connectivity index (χ4v) is 0.802. The van der Waals surface area contributed by atoms with Gasteiger partial charge >= 0.3 is 0 Å². The van der Waals surface area contributed by atoms with Crippen LogP contribution in [0.1, 0.15) is 6.92 Å². The molecule has 0 aromatic heterocycles. The molecule has 1 N–H and O–H groups in total. The zero-order chi connectivity index (χ0) is 7.44. The van der Waals surface area contributed by atoms with Crippen molar-refractivity contribution < 1.29 is 13.7 Å². The van der Waals surface area contributed by atoms with Gasteiger partial charge in [-0.2, -0.15) is 0 Å². The van der Waals surface area contributed by atoms with Crippen LogP contribution in [0, 0.1) is 10.1 Å². The summed E-state index contributed by atoms with van der Waals surface area (Å²) in [6, 6.07) is -0.934. The number of nitro groups is 1. The van der Waals surface area contributed by atoms with Crippen molar-refractivity contribution in [2.24, 2.45) is 0 Å². The van der Waals surface area contributed by atoms with Crippen LogP contribution in [0.25, 0.3) is 0 Å². The van der Waals surface area contributed by atoms with Crippen LogP contribution in [0.2, 0.25) is 0 Å². The summed E-state index contributed by atoms with van der Waals surface area (Å²) in [6.45, 7) is 1.29. The first kappa shape index (κ1) is 8.51. The molecule has 0 aliphatic heterocycles. The molecule has 0 saturated heterocycles. The predicted octanol–water partition coefficient (Wildman–Crippen LogP) is -0.127. The second kappa shape index (κ2) is 3.52. The second-order valence-electron chi connectivity index (χ2n) is 1.62. The van der Waals surface area contributed by atoms with Gasteiger partial charge in [-0.15, -0.1) is 0 Å². The lowest BCUT2D eigenvalue weighted by molar-refractivity contribution is -0.512. The molecular formula is C3H7NO4S. The van der Waals surface area contributed by atoms with Crippen LogP contribution >= 0.6 is 0 Å².